The van der Waals surface area contributed by atoms with E-state index in [9.17, 15) is 19.7 Å². The van der Waals surface area contributed by atoms with Crippen molar-refractivity contribution < 1.29 is 23.7 Å². The number of carbonyl (C=O) groups is 2. The van der Waals surface area contributed by atoms with Gasteiger partial charge in [0.15, 0.2) is 5.78 Å². The van der Waals surface area contributed by atoms with E-state index in [1.807, 2.05) is 0 Å². The van der Waals surface area contributed by atoms with Gasteiger partial charge >= 0.3 is 5.97 Å². The Kier molecular flexibility index (Phi) is 5.73. The summed E-state index contributed by atoms with van der Waals surface area (Å²) in [5, 5.41) is 11.6. The van der Waals surface area contributed by atoms with Crippen LogP contribution in [-0.2, 0) is 11.3 Å². The first-order valence-electron chi connectivity index (χ1n) is 8.66. The van der Waals surface area contributed by atoms with Crippen molar-refractivity contribution in [3.63, 3.8) is 0 Å². The molecule has 0 saturated carbocycles. The van der Waals surface area contributed by atoms with Crippen LogP contribution in [0, 0.1) is 10.1 Å². The fraction of sp³-hybridized carbons (Fsp3) is 0.143. The quantitative estimate of drug-likeness (QED) is 0.260. The van der Waals surface area contributed by atoms with Gasteiger partial charge in [-0.2, -0.15) is 0 Å². The molecule has 0 unspecified atom stereocenters. The summed E-state index contributed by atoms with van der Waals surface area (Å²) in [7, 11) is 2.91. The molecular weight excluding hydrogens is 376 g/mol. The Bertz CT molecular complexity index is 1060. The molecule has 0 aliphatic rings. The third kappa shape index (κ3) is 4.16. The lowest BCUT2D eigenvalue weighted by atomic mass is 9.97. The van der Waals surface area contributed by atoms with Gasteiger partial charge in [0, 0.05) is 24.2 Å². The lowest BCUT2D eigenvalue weighted by molar-refractivity contribution is -0.384. The van der Waals surface area contributed by atoms with Crippen molar-refractivity contribution in [2.75, 3.05) is 19.1 Å². The molecule has 148 valence electrons. The molecule has 0 radical (unpaired) electrons. The number of nitro benzene ring substituents is 1. The number of furan rings is 1. The van der Waals surface area contributed by atoms with Gasteiger partial charge in [-0.15, -0.1) is 0 Å². The molecule has 0 saturated heterocycles. The molecule has 8 heteroatoms. The zero-order chi connectivity index (χ0) is 21.0. The second kappa shape index (κ2) is 8.39. The summed E-state index contributed by atoms with van der Waals surface area (Å²) in [5.41, 5.74) is 0.430. The van der Waals surface area contributed by atoms with Gasteiger partial charge in [-0.3, -0.25) is 14.9 Å². The van der Waals surface area contributed by atoms with Crippen molar-refractivity contribution in [1.29, 1.82) is 0 Å². The van der Waals surface area contributed by atoms with Gasteiger partial charge in [0.05, 0.1) is 30.4 Å². The Hall–Kier alpha value is -3.94. The van der Waals surface area contributed by atoms with Crippen molar-refractivity contribution >= 4 is 23.1 Å². The van der Waals surface area contributed by atoms with Crippen molar-refractivity contribution in [3.05, 3.63) is 93.4 Å². The van der Waals surface area contributed by atoms with Crippen LogP contribution in [0.4, 0.5) is 11.4 Å². The van der Waals surface area contributed by atoms with Crippen molar-refractivity contribution in [3.8, 4) is 0 Å². The van der Waals surface area contributed by atoms with Crippen LogP contribution in [-0.4, -0.2) is 30.8 Å². The smallest absolute Gasteiger partial charge is 0.338 e. The first-order valence-corrected chi connectivity index (χ1v) is 8.66. The highest BCUT2D eigenvalue weighted by Gasteiger charge is 2.24. The Labute approximate surface area is 166 Å². The molecule has 0 fully saturated rings. The molecule has 0 amide bonds. The fourth-order valence-corrected chi connectivity index (χ4v) is 2.98. The van der Waals surface area contributed by atoms with E-state index in [4.69, 9.17) is 9.15 Å². The van der Waals surface area contributed by atoms with E-state index >= 15 is 0 Å². The van der Waals surface area contributed by atoms with Crippen molar-refractivity contribution in [2.45, 2.75) is 6.54 Å². The van der Waals surface area contributed by atoms with Crippen LogP contribution in [0.15, 0.2) is 65.3 Å². The molecule has 0 aliphatic heterocycles. The number of methoxy groups -OCH3 is 1. The molecule has 2 aromatic carbocycles. The highest BCUT2D eigenvalue weighted by Crippen LogP contribution is 2.30. The van der Waals surface area contributed by atoms with Crippen LogP contribution in [0.3, 0.4) is 0 Å². The van der Waals surface area contributed by atoms with Crippen molar-refractivity contribution in [2.24, 2.45) is 0 Å². The zero-order valence-corrected chi connectivity index (χ0v) is 15.8. The number of ketones is 1. The van der Waals surface area contributed by atoms with E-state index in [-0.39, 0.29) is 22.4 Å². The van der Waals surface area contributed by atoms with Gasteiger partial charge in [0.25, 0.3) is 5.69 Å². The summed E-state index contributed by atoms with van der Waals surface area (Å²) >= 11 is 0. The van der Waals surface area contributed by atoms with Crippen molar-refractivity contribution in [1.82, 2.24) is 0 Å². The van der Waals surface area contributed by atoms with Gasteiger partial charge in [-0.25, -0.2) is 4.79 Å². The molecule has 1 aromatic heterocycles. The molecule has 0 spiro atoms. The number of rotatable bonds is 7. The molecule has 3 aromatic rings. The van der Waals surface area contributed by atoms with Crippen LogP contribution < -0.4 is 4.90 Å². The number of hydrogen-bond donors (Lipinski definition) is 0. The van der Waals surface area contributed by atoms with E-state index in [0.717, 1.165) is 0 Å². The standard InChI is InChI=1S/C21H18N2O6/c1-22(13-15-6-5-11-29-15)18-10-9-14(12-19(18)23(26)27)20(24)16-7-3-4-8-17(16)21(25)28-2/h3-12H,13H2,1-2H3. The second-order valence-corrected chi connectivity index (χ2v) is 6.26. The predicted molar refractivity (Wildman–Crippen MR) is 105 cm³/mol. The normalized spacial score (nSPS) is 10.4. The van der Waals surface area contributed by atoms with E-state index < -0.39 is 16.7 Å². The number of esters is 1. The maximum atomic E-state index is 12.9. The highest BCUT2D eigenvalue weighted by atomic mass is 16.6. The lowest BCUT2D eigenvalue weighted by Gasteiger charge is -2.18. The number of hydrogen-bond acceptors (Lipinski definition) is 7. The first-order chi connectivity index (χ1) is 13.9. The molecule has 0 atom stereocenters. The number of anilines is 1. The summed E-state index contributed by atoms with van der Waals surface area (Å²) in [4.78, 5) is 37.6. The second-order valence-electron chi connectivity index (χ2n) is 6.26. The average molecular weight is 394 g/mol. The lowest BCUT2D eigenvalue weighted by Crippen LogP contribution is -2.18. The van der Waals surface area contributed by atoms with Crippen LogP contribution in [0.5, 0.6) is 0 Å². The van der Waals surface area contributed by atoms with Gasteiger partial charge in [0.1, 0.15) is 11.4 Å². The molecule has 1 heterocycles. The summed E-state index contributed by atoms with van der Waals surface area (Å²) < 4.78 is 9.99. The molecule has 0 bridgehead atoms. The number of nitro groups is 1. The molecule has 29 heavy (non-hydrogen) atoms. The van der Waals surface area contributed by atoms with E-state index in [0.29, 0.717) is 18.0 Å². The minimum absolute atomic E-state index is 0.0988. The molecular formula is C21H18N2O6. The summed E-state index contributed by atoms with van der Waals surface area (Å²) in [6.45, 7) is 0.326. The maximum Gasteiger partial charge on any atom is 0.338 e. The van der Waals surface area contributed by atoms with Crippen LogP contribution >= 0.6 is 0 Å². The summed E-state index contributed by atoms with van der Waals surface area (Å²) in [5.74, 6) is -0.512. The van der Waals surface area contributed by atoms with E-state index in [1.54, 1.807) is 36.2 Å². The number of carbonyl (C=O) groups excluding carboxylic acids is 2. The predicted octanol–water partition coefficient (Wildman–Crippen LogP) is 3.84. The first kappa shape index (κ1) is 19.8. The van der Waals surface area contributed by atoms with Gasteiger partial charge in [0.2, 0.25) is 0 Å². The molecule has 3 rings (SSSR count). The third-order valence-corrected chi connectivity index (χ3v) is 4.40. The molecule has 0 N–H and O–H groups in total. The number of ether oxygens (including phenoxy) is 1. The summed E-state index contributed by atoms with van der Waals surface area (Å²) in [6, 6.07) is 13.9. The van der Waals surface area contributed by atoms with Crippen LogP contribution in [0.2, 0.25) is 0 Å². The topological polar surface area (TPSA) is 103 Å². The highest BCUT2D eigenvalue weighted by molar-refractivity contribution is 6.14. The minimum atomic E-state index is -0.654. The van der Waals surface area contributed by atoms with Gasteiger partial charge in [-0.05, 0) is 30.3 Å². The van der Waals surface area contributed by atoms with Gasteiger partial charge < -0.3 is 14.1 Å². The Morgan fingerprint density at radius 3 is 2.45 bits per heavy atom. The minimum Gasteiger partial charge on any atom is -0.467 e. The largest absolute Gasteiger partial charge is 0.467 e. The van der Waals surface area contributed by atoms with Crippen LogP contribution in [0.1, 0.15) is 32.0 Å². The van der Waals surface area contributed by atoms with E-state index in [2.05, 4.69) is 0 Å². The van der Waals surface area contributed by atoms with Gasteiger partial charge in [-0.1, -0.05) is 18.2 Å². The van der Waals surface area contributed by atoms with E-state index in [1.165, 1.54) is 43.7 Å². The third-order valence-electron chi connectivity index (χ3n) is 4.40. The Balaban J connectivity index is 1.98. The van der Waals surface area contributed by atoms with Crippen LogP contribution in [0.25, 0.3) is 0 Å². The monoisotopic (exact) mass is 394 g/mol. The average Bonchev–Trinajstić information content (AvgIpc) is 3.25. The Morgan fingerprint density at radius 1 is 1.10 bits per heavy atom. The number of benzene rings is 2. The maximum absolute atomic E-state index is 12.9. The molecule has 8 nitrogen and oxygen atoms in total. The molecule has 0 aliphatic carbocycles. The SMILES string of the molecule is COC(=O)c1ccccc1C(=O)c1ccc(N(C)Cc2ccco2)c([N+](=O)[O-])c1. The number of nitrogens with zero attached hydrogens (tertiary/aromatic N) is 2. The summed E-state index contributed by atoms with van der Waals surface area (Å²) in [6.07, 6.45) is 1.53. The fourth-order valence-electron chi connectivity index (χ4n) is 2.98. The zero-order valence-electron chi connectivity index (χ0n) is 15.8. The Morgan fingerprint density at radius 2 is 1.83 bits per heavy atom.